The summed E-state index contributed by atoms with van der Waals surface area (Å²) in [5.41, 5.74) is 0.835. The summed E-state index contributed by atoms with van der Waals surface area (Å²) in [4.78, 5) is 31.6. The highest BCUT2D eigenvalue weighted by Crippen LogP contribution is 2.24. The Kier molecular flexibility index (Phi) is 7.26. The Morgan fingerprint density at radius 1 is 1.12 bits per heavy atom. The number of alkyl halides is 3. The first-order chi connectivity index (χ1) is 15.2. The molecule has 1 heterocycles. The number of carbonyl (C=O) groups is 1. The molecule has 0 aliphatic rings. The number of hydrogen-bond acceptors (Lipinski definition) is 5. The van der Waals surface area contributed by atoms with Crippen molar-refractivity contribution >= 4 is 5.91 Å². The minimum absolute atomic E-state index is 0.0469. The van der Waals surface area contributed by atoms with Gasteiger partial charge in [0, 0.05) is 19.6 Å². The fraction of sp³-hybridized carbons (Fsp3) is 0.227. The molecule has 0 fully saturated rings. The Bertz CT molecular complexity index is 1100. The molecular formula is C22H20F3N3O4. The highest BCUT2D eigenvalue weighted by Gasteiger charge is 2.31. The molecule has 1 aromatic heterocycles. The summed E-state index contributed by atoms with van der Waals surface area (Å²) < 4.78 is 46.0. The van der Waals surface area contributed by atoms with Crippen molar-refractivity contribution in [2.45, 2.75) is 18.8 Å². The average molecular weight is 447 g/mol. The van der Waals surface area contributed by atoms with E-state index in [1.54, 1.807) is 0 Å². The molecule has 3 aromatic rings. The van der Waals surface area contributed by atoms with Gasteiger partial charge in [0.2, 0.25) is 0 Å². The minimum atomic E-state index is -4.80. The molecule has 3 rings (SSSR count). The third kappa shape index (κ3) is 6.67. The lowest BCUT2D eigenvalue weighted by Crippen LogP contribution is -2.33. The zero-order valence-corrected chi connectivity index (χ0v) is 17.0. The Labute approximate surface area is 181 Å². The van der Waals surface area contributed by atoms with Gasteiger partial charge in [0.1, 0.15) is 17.3 Å². The second kappa shape index (κ2) is 10.1. The maximum Gasteiger partial charge on any atom is 0.573 e. The lowest BCUT2D eigenvalue weighted by Gasteiger charge is -2.19. The molecule has 1 amide bonds. The topological polar surface area (TPSA) is 93.3 Å². The maximum absolute atomic E-state index is 12.8. The summed E-state index contributed by atoms with van der Waals surface area (Å²) in [5.74, 6) is -0.681. The maximum atomic E-state index is 12.8. The Morgan fingerprint density at radius 2 is 1.81 bits per heavy atom. The fourth-order valence-electron chi connectivity index (χ4n) is 3.02. The number of aromatic nitrogens is 2. The zero-order chi connectivity index (χ0) is 23.1. The van der Waals surface area contributed by atoms with Crippen molar-refractivity contribution in [2.75, 3.05) is 13.7 Å². The minimum Gasteiger partial charge on any atom is -0.406 e. The third-order valence-corrected chi connectivity index (χ3v) is 4.39. The van der Waals surface area contributed by atoms with Crippen molar-refractivity contribution in [1.29, 1.82) is 0 Å². The number of nitrogens with zero attached hydrogens (tertiary/aromatic N) is 1. The number of rotatable bonds is 8. The highest BCUT2D eigenvalue weighted by atomic mass is 19.4. The molecule has 7 nitrogen and oxygen atoms in total. The van der Waals surface area contributed by atoms with Crippen molar-refractivity contribution in [3.8, 4) is 5.75 Å². The molecule has 0 spiro atoms. The molecule has 10 heteroatoms. The first-order valence-electron chi connectivity index (χ1n) is 9.53. The number of methoxy groups -OCH3 is 1. The summed E-state index contributed by atoms with van der Waals surface area (Å²) in [6, 6.07) is 14.7. The van der Waals surface area contributed by atoms with E-state index in [2.05, 4.69) is 20.0 Å². The third-order valence-electron chi connectivity index (χ3n) is 4.39. The summed E-state index contributed by atoms with van der Waals surface area (Å²) in [6.45, 7) is 0.0469. The number of nitrogens with one attached hydrogen (secondary N) is 2. The number of benzene rings is 2. The van der Waals surface area contributed by atoms with E-state index in [0.717, 1.165) is 23.8 Å². The van der Waals surface area contributed by atoms with Crippen LogP contribution in [0.4, 0.5) is 13.2 Å². The number of amides is 1. The molecule has 168 valence electrons. The van der Waals surface area contributed by atoms with Crippen LogP contribution < -0.4 is 15.6 Å². The predicted octanol–water partition coefficient (Wildman–Crippen LogP) is 3.38. The van der Waals surface area contributed by atoms with E-state index >= 15 is 0 Å². The van der Waals surface area contributed by atoms with E-state index in [4.69, 9.17) is 4.74 Å². The molecule has 0 aliphatic carbocycles. The van der Waals surface area contributed by atoms with E-state index in [-0.39, 0.29) is 18.1 Å². The number of H-pyrrole nitrogens is 1. The van der Waals surface area contributed by atoms with Gasteiger partial charge in [-0.05, 0) is 23.3 Å². The van der Waals surface area contributed by atoms with Crippen molar-refractivity contribution in [2.24, 2.45) is 0 Å². The van der Waals surface area contributed by atoms with Crippen LogP contribution in [0, 0.1) is 0 Å². The van der Waals surface area contributed by atoms with Gasteiger partial charge < -0.3 is 19.8 Å². The van der Waals surface area contributed by atoms with Gasteiger partial charge in [0.25, 0.3) is 11.5 Å². The van der Waals surface area contributed by atoms with Gasteiger partial charge >= 0.3 is 6.36 Å². The molecule has 32 heavy (non-hydrogen) atoms. The van der Waals surface area contributed by atoms with Crippen LogP contribution in [-0.4, -0.2) is 36.0 Å². The van der Waals surface area contributed by atoms with Crippen molar-refractivity contribution in [1.82, 2.24) is 15.3 Å². The molecule has 0 aliphatic heterocycles. The van der Waals surface area contributed by atoms with Crippen LogP contribution in [0.5, 0.6) is 5.75 Å². The molecular weight excluding hydrogens is 427 g/mol. The summed E-state index contributed by atoms with van der Waals surface area (Å²) >= 11 is 0. The number of ether oxygens (including phenoxy) is 2. The van der Waals surface area contributed by atoms with Crippen LogP contribution in [0.15, 0.2) is 65.5 Å². The Morgan fingerprint density at radius 3 is 2.44 bits per heavy atom. The van der Waals surface area contributed by atoms with Gasteiger partial charge in [0.15, 0.2) is 0 Å². The number of carbonyl (C=O) groups excluding carboxylic acids is 1. The van der Waals surface area contributed by atoms with Crippen LogP contribution in [0.2, 0.25) is 0 Å². The molecule has 1 atom stereocenters. The average Bonchev–Trinajstić information content (AvgIpc) is 2.73. The monoisotopic (exact) mass is 447 g/mol. The smallest absolute Gasteiger partial charge is 0.406 e. The molecule has 0 radical (unpaired) electrons. The fourth-order valence-corrected chi connectivity index (χ4v) is 3.02. The van der Waals surface area contributed by atoms with Crippen molar-refractivity contribution in [3.63, 3.8) is 0 Å². The van der Waals surface area contributed by atoms with E-state index < -0.39 is 23.9 Å². The number of halogens is 3. The highest BCUT2D eigenvalue weighted by molar-refractivity contribution is 5.92. The SMILES string of the molecule is COCC(NC(=O)c1cc(=O)[nH]c(Cc2ccccc2)n1)c1ccc(OC(F)(F)F)cc1. The molecule has 0 bridgehead atoms. The summed E-state index contributed by atoms with van der Waals surface area (Å²) in [5, 5.41) is 2.69. The number of aromatic amines is 1. The van der Waals surface area contributed by atoms with Gasteiger partial charge in [-0.1, -0.05) is 42.5 Å². The Balaban J connectivity index is 1.76. The molecule has 0 saturated carbocycles. The van der Waals surface area contributed by atoms with Gasteiger partial charge in [-0.15, -0.1) is 13.2 Å². The first kappa shape index (κ1) is 23.0. The number of hydrogen-bond donors (Lipinski definition) is 2. The largest absolute Gasteiger partial charge is 0.573 e. The summed E-state index contributed by atoms with van der Waals surface area (Å²) in [6.07, 6.45) is -4.47. The molecule has 2 aromatic carbocycles. The molecule has 2 N–H and O–H groups in total. The van der Waals surface area contributed by atoms with Crippen LogP contribution >= 0.6 is 0 Å². The predicted molar refractivity (Wildman–Crippen MR) is 109 cm³/mol. The lowest BCUT2D eigenvalue weighted by atomic mass is 10.1. The van der Waals surface area contributed by atoms with Crippen LogP contribution in [0.25, 0.3) is 0 Å². The van der Waals surface area contributed by atoms with E-state index in [1.165, 1.54) is 19.2 Å². The van der Waals surface area contributed by atoms with Crippen LogP contribution in [0.3, 0.4) is 0 Å². The van der Waals surface area contributed by atoms with Crippen molar-refractivity contribution < 1.29 is 27.4 Å². The second-order valence-corrected chi connectivity index (χ2v) is 6.84. The van der Waals surface area contributed by atoms with E-state index in [1.807, 2.05) is 30.3 Å². The standard InChI is InChI=1S/C22H20F3N3O4/c1-31-13-18(15-7-9-16(10-8-15)32-22(23,24)25)27-21(30)17-12-20(29)28-19(26-17)11-14-5-3-2-4-6-14/h2-10,12,18H,11,13H2,1H3,(H,27,30)(H,26,28,29). The first-order valence-corrected chi connectivity index (χ1v) is 9.53. The summed E-state index contributed by atoms with van der Waals surface area (Å²) in [7, 11) is 1.42. The van der Waals surface area contributed by atoms with E-state index in [9.17, 15) is 22.8 Å². The molecule has 0 saturated heterocycles. The molecule has 1 unspecified atom stereocenters. The second-order valence-electron chi connectivity index (χ2n) is 6.84. The van der Waals surface area contributed by atoms with E-state index in [0.29, 0.717) is 17.8 Å². The van der Waals surface area contributed by atoms with Gasteiger partial charge in [-0.2, -0.15) is 0 Å². The van der Waals surface area contributed by atoms with Crippen molar-refractivity contribution in [3.05, 3.63) is 93.7 Å². The van der Waals surface area contributed by atoms with Crippen LogP contribution in [-0.2, 0) is 11.2 Å². The zero-order valence-electron chi connectivity index (χ0n) is 17.0. The lowest BCUT2D eigenvalue weighted by molar-refractivity contribution is -0.274. The van der Waals surface area contributed by atoms with Gasteiger partial charge in [0.05, 0.1) is 12.6 Å². The normalized spacial score (nSPS) is 12.2. The quantitative estimate of drug-likeness (QED) is 0.552. The van der Waals surface area contributed by atoms with Gasteiger partial charge in [-0.3, -0.25) is 9.59 Å². The van der Waals surface area contributed by atoms with Gasteiger partial charge in [-0.25, -0.2) is 4.98 Å². The van der Waals surface area contributed by atoms with Crippen LogP contribution in [0.1, 0.15) is 33.5 Å². The Hall–Kier alpha value is -3.66.